The Bertz CT molecular complexity index is 772. The summed E-state index contributed by atoms with van der Waals surface area (Å²) in [5.74, 6) is 0. The third-order valence-corrected chi connectivity index (χ3v) is 4.48. The lowest BCUT2D eigenvalue weighted by atomic mass is 10.0. The van der Waals surface area contributed by atoms with E-state index in [1.165, 1.54) is 0 Å². The van der Waals surface area contributed by atoms with Crippen molar-refractivity contribution in [3.8, 4) is 0 Å². The topological polar surface area (TPSA) is 65.7 Å². The number of aromatic nitrogens is 2. The second-order valence-corrected chi connectivity index (χ2v) is 5.90. The number of likely N-dealkylation sites (tertiary alicyclic amines) is 1. The van der Waals surface area contributed by atoms with Crippen LogP contribution in [0.25, 0.3) is 11.0 Å². The van der Waals surface area contributed by atoms with E-state index >= 15 is 0 Å². The minimum atomic E-state index is -0.273. The van der Waals surface area contributed by atoms with E-state index in [1.807, 2.05) is 28.8 Å². The van der Waals surface area contributed by atoms with Crippen LogP contribution in [0, 0.1) is 0 Å². The molecular weight excluding hydrogens is 310 g/mol. The van der Waals surface area contributed by atoms with Crippen LogP contribution in [0.5, 0.6) is 0 Å². The zero-order valence-corrected chi connectivity index (χ0v) is 14.1. The molecule has 0 N–H and O–H groups in total. The van der Waals surface area contributed by atoms with Gasteiger partial charge in [-0.3, -0.25) is 9.13 Å². The van der Waals surface area contributed by atoms with E-state index in [9.17, 15) is 9.59 Å². The first-order valence-corrected chi connectivity index (χ1v) is 8.27. The molecule has 1 saturated heterocycles. The molecule has 130 valence electrons. The van der Waals surface area contributed by atoms with Gasteiger partial charge in [0.05, 0.1) is 17.6 Å². The number of rotatable bonds is 4. The van der Waals surface area contributed by atoms with Gasteiger partial charge in [0.15, 0.2) is 0 Å². The molecule has 0 unspecified atom stereocenters. The van der Waals surface area contributed by atoms with E-state index in [2.05, 4.69) is 0 Å². The van der Waals surface area contributed by atoms with E-state index in [4.69, 9.17) is 9.47 Å². The number of carbonyl (C=O) groups excluding carboxylic acids is 1. The van der Waals surface area contributed by atoms with Crippen molar-refractivity contribution >= 4 is 17.1 Å². The number of nitrogens with zero attached hydrogens (tertiary/aromatic N) is 3. The average molecular weight is 333 g/mol. The first-order valence-electron chi connectivity index (χ1n) is 8.27. The van der Waals surface area contributed by atoms with Crippen LogP contribution < -0.4 is 5.69 Å². The molecule has 3 rings (SSSR count). The van der Waals surface area contributed by atoms with Crippen molar-refractivity contribution in [1.29, 1.82) is 0 Å². The lowest BCUT2D eigenvalue weighted by molar-refractivity contribution is 0.0922. The fraction of sp³-hybridized carbons (Fsp3) is 0.529. The van der Waals surface area contributed by atoms with Gasteiger partial charge in [-0.15, -0.1) is 0 Å². The maximum atomic E-state index is 12.8. The van der Waals surface area contributed by atoms with Gasteiger partial charge >= 0.3 is 11.8 Å². The van der Waals surface area contributed by atoms with Gasteiger partial charge in [0.1, 0.15) is 6.73 Å². The molecule has 1 aliphatic rings. The van der Waals surface area contributed by atoms with E-state index in [1.54, 1.807) is 23.5 Å². The number of hydrogen-bond acceptors (Lipinski definition) is 4. The summed E-state index contributed by atoms with van der Waals surface area (Å²) in [6.45, 7) is 3.60. The van der Waals surface area contributed by atoms with Gasteiger partial charge in [0.2, 0.25) is 0 Å². The molecule has 2 aromatic rings. The number of methoxy groups -OCH3 is 1. The minimum Gasteiger partial charge on any atom is -0.450 e. The van der Waals surface area contributed by atoms with Crippen LogP contribution in [-0.2, 0) is 16.2 Å². The monoisotopic (exact) mass is 333 g/mol. The molecular formula is C17H23N3O4. The highest BCUT2D eigenvalue weighted by Crippen LogP contribution is 2.26. The van der Waals surface area contributed by atoms with E-state index < -0.39 is 0 Å². The molecule has 1 aromatic carbocycles. The zero-order valence-electron chi connectivity index (χ0n) is 14.1. The molecule has 1 aliphatic heterocycles. The fourth-order valence-corrected chi connectivity index (χ4v) is 3.36. The Morgan fingerprint density at radius 2 is 1.88 bits per heavy atom. The van der Waals surface area contributed by atoms with Crippen LogP contribution in [0.15, 0.2) is 29.1 Å². The summed E-state index contributed by atoms with van der Waals surface area (Å²) < 4.78 is 13.7. The summed E-state index contributed by atoms with van der Waals surface area (Å²) in [5.41, 5.74) is 1.72. The number of fused-ring (bicyclic) bond motifs is 1. The Kier molecular flexibility index (Phi) is 4.89. The summed E-state index contributed by atoms with van der Waals surface area (Å²) in [7, 11) is 1.58. The summed E-state index contributed by atoms with van der Waals surface area (Å²) >= 11 is 0. The molecule has 1 aromatic heterocycles. The Morgan fingerprint density at radius 1 is 1.21 bits per heavy atom. The number of hydrogen-bond donors (Lipinski definition) is 0. The molecule has 0 bridgehead atoms. The lowest BCUT2D eigenvalue weighted by Gasteiger charge is -2.31. The van der Waals surface area contributed by atoms with Gasteiger partial charge in [-0.25, -0.2) is 9.59 Å². The van der Waals surface area contributed by atoms with Crippen molar-refractivity contribution in [2.75, 3.05) is 26.8 Å². The van der Waals surface area contributed by atoms with Crippen molar-refractivity contribution in [3.63, 3.8) is 0 Å². The molecule has 7 heteroatoms. The smallest absolute Gasteiger partial charge is 0.409 e. The summed E-state index contributed by atoms with van der Waals surface area (Å²) in [6.07, 6.45) is 1.20. The van der Waals surface area contributed by atoms with Gasteiger partial charge in [-0.2, -0.15) is 0 Å². The minimum absolute atomic E-state index is 0.0624. The van der Waals surface area contributed by atoms with Crippen molar-refractivity contribution < 1.29 is 14.3 Å². The highest BCUT2D eigenvalue weighted by molar-refractivity contribution is 5.76. The second kappa shape index (κ2) is 7.09. The number of para-hydroxylation sites is 2. The zero-order chi connectivity index (χ0) is 17.1. The Morgan fingerprint density at radius 3 is 2.50 bits per heavy atom. The van der Waals surface area contributed by atoms with Crippen LogP contribution in [0.3, 0.4) is 0 Å². The highest BCUT2D eigenvalue weighted by atomic mass is 16.6. The highest BCUT2D eigenvalue weighted by Gasteiger charge is 2.27. The molecule has 0 saturated carbocycles. The van der Waals surface area contributed by atoms with Crippen LogP contribution in [0.2, 0.25) is 0 Å². The third kappa shape index (κ3) is 2.91. The van der Waals surface area contributed by atoms with E-state index in [0.717, 1.165) is 23.9 Å². The molecule has 0 atom stereocenters. The molecule has 1 amide bonds. The number of carbonyl (C=O) groups is 1. The molecule has 7 nitrogen and oxygen atoms in total. The van der Waals surface area contributed by atoms with E-state index in [0.29, 0.717) is 19.7 Å². The average Bonchev–Trinajstić information content (AvgIpc) is 2.88. The van der Waals surface area contributed by atoms with Crippen molar-refractivity contribution in [1.82, 2.24) is 14.0 Å². The van der Waals surface area contributed by atoms with Crippen molar-refractivity contribution in [3.05, 3.63) is 34.7 Å². The fourth-order valence-electron chi connectivity index (χ4n) is 3.36. The maximum Gasteiger partial charge on any atom is 0.409 e. The van der Waals surface area contributed by atoms with Crippen molar-refractivity contribution in [2.24, 2.45) is 0 Å². The summed E-state index contributed by atoms with van der Waals surface area (Å²) in [6, 6.07) is 7.82. The molecule has 0 aliphatic carbocycles. The van der Waals surface area contributed by atoms with Gasteiger partial charge < -0.3 is 14.4 Å². The molecule has 1 fully saturated rings. The third-order valence-electron chi connectivity index (χ3n) is 4.48. The van der Waals surface area contributed by atoms with Gasteiger partial charge in [-0.1, -0.05) is 12.1 Å². The predicted octanol–water partition coefficient (Wildman–Crippen LogP) is 2.20. The van der Waals surface area contributed by atoms with Crippen LogP contribution >= 0.6 is 0 Å². The molecule has 24 heavy (non-hydrogen) atoms. The maximum absolute atomic E-state index is 12.8. The van der Waals surface area contributed by atoms with Crippen LogP contribution in [0.4, 0.5) is 4.79 Å². The van der Waals surface area contributed by atoms with Gasteiger partial charge in [0, 0.05) is 26.2 Å². The SMILES string of the molecule is CCOC(=O)N1CCC(n2c(=O)n(COC)c3ccccc32)CC1. The molecule has 2 heterocycles. The number of amides is 1. The standard InChI is InChI=1S/C17H23N3O4/c1-3-24-17(22)18-10-8-13(9-11-18)20-15-7-5-4-6-14(15)19(12-23-2)16(20)21/h4-7,13H,3,8-12H2,1-2H3. The lowest BCUT2D eigenvalue weighted by Crippen LogP contribution is -2.41. The predicted molar refractivity (Wildman–Crippen MR) is 90.1 cm³/mol. The first kappa shape index (κ1) is 16.6. The Hall–Kier alpha value is -2.28. The Balaban J connectivity index is 1.87. The number of imidazole rings is 1. The van der Waals surface area contributed by atoms with Crippen molar-refractivity contribution in [2.45, 2.75) is 32.5 Å². The number of benzene rings is 1. The summed E-state index contributed by atoms with van der Waals surface area (Å²) in [4.78, 5) is 26.4. The van der Waals surface area contributed by atoms with Gasteiger partial charge in [0.25, 0.3) is 0 Å². The van der Waals surface area contributed by atoms with Crippen LogP contribution in [-0.4, -0.2) is 46.9 Å². The summed E-state index contributed by atoms with van der Waals surface area (Å²) in [5, 5.41) is 0. The second-order valence-electron chi connectivity index (χ2n) is 5.90. The normalized spacial score (nSPS) is 15.8. The van der Waals surface area contributed by atoms with E-state index in [-0.39, 0.29) is 24.6 Å². The molecule has 0 spiro atoms. The Labute approximate surface area is 140 Å². The number of piperidine rings is 1. The molecule has 0 radical (unpaired) electrons. The first-order chi connectivity index (χ1) is 11.7. The van der Waals surface area contributed by atoms with Gasteiger partial charge in [-0.05, 0) is 31.9 Å². The van der Waals surface area contributed by atoms with Crippen LogP contribution in [0.1, 0.15) is 25.8 Å². The quantitative estimate of drug-likeness (QED) is 0.860. The largest absolute Gasteiger partial charge is 0.450 e. The number of ether oxygens (including phenoxy) is 2.